The van der Waals surface area contributed by atoms with Gasteiger partial charge >= 0.3 is 0 Å². The first-order valence-electron chi connectivity index (χ1n) is 9.53. The number of likely N-dealkylation sites (N-methyl/N-ethyl adjacent to an activating group) is 1. The molecule has 2 aromatic rings. The molecule has 154 valence electrons. The van der Waals surface area contributed by atoms with Crippen molar-refractivity contribution in [3.8, 4) is 0 Å². The molecule has 0 unspecified atom stereocenters. The largest absolute Gasteiger partial charge is 0.369 e. The van der Waals surface area contributed by atoms with Crippen LogP contribution in [0.2, 0.25) is 5.02 Å². The number of hydrogen-bond acceptors (Lipinski definition) is 7. The van der Waals surface area contributed by atoms with Crippen LogP contribution in [0.1, 0.15) is 19.3 Å². The van der Waals surface area contributed by atoms with Crippen LogP contribution in [0.25, 0.3) is 0 Å². The monoisotopic (exact) mass is 418 g/mol. The number of rotatable bonds is 7. The predicted molar refractivity (Wildman–Crippen MR) is 108 cm³/mol. The molecule has 2 aliphatic carbocycles. The topological polar surface area (TPSA) is 140 Å². The molecule has 0 saturated heterocycles. The third kappa shape index (κ3) is 3.98. The first-order chi connectivity index (χ1) is 13.9. The summed E-state index contributed by atoms with van der Waals surface area (Å²) in [6, 6.07) is -0.0678. The number of hydrogen-bond donors (Lipinski definition) is 4. The first kappa shape index (κ1) is 19.4. The molecule has 2 saturated carbocycles. The summed E-state index contributed by atoms with van der Waals surface area (Å²) >= 11 is 6.29. The van der Waals surface area contributed by atoms with Gasteiger partial charge in [0.05, 0.1) is 24.0 Å². The SMILES string of the molecule is CNC(=O)Cn1cc(Nc2ncc(Cl)c(N[C@H]3[C@@H]4CC[C@H](C4)[C@H]3C(N)=O)n2)cn1. The number of halogens is 1. The Bertz CT molecular complexity index is 932. The maximum Gasteiger partial charge on any atom is 0.241 e. The highest BCUT2D eigenvalue weighted by molar-refractivity contribution is 6.32. The van der Waals surface area contributed by atoms with Crippen LogP contribution in [0, 0.1) is 17.8 Å². The van der Waals surface area contributed by atoms with Crippen LogP contribution in [0.15, 0.2) is 18.6 Å². The molecule has 4 atom stereocenters. The van der Waals surface area contributed by atoms with Crippen LogP contribution in [-0.2, 0) is 16.1 Å². The van der Waals surface area contributed by atoms with Crippen molar-refractivity contribution in [1.29, 1.82) is 0 Å². The van der Waals surface area contributed by atoms with Gasteiger partial charge in [0.2, 0.25) is 17.8 Å². The number of carbonyl (C=O) groups excluding carboxylic acids is 2. The van der Waals surface area contributed by atoms with Crippen molar-refractivity contribution in [2.45, 2.75) is 31.8 Å². The number of amides is 2. The maximum absolute atomic E-state index is 12.0. The number of carbonyl (C=O) groups is 2. The third-order valence-corrected chi connectivity index (χ3v) is 6.04. The normalized spacial score (nSPS) is 25.0. The van der Waals surface area contributed by atoms with Gasteiger partial charge in [0.15, 0.2) is 5.82 Å². The van der Waals surface area contributed by atoms with Crippen LogP contribution in [0.4, 0.5) is 17.5 Å². The molecule has 5 N–H and O–H groups in total. The summed E-state index contributed by atoms with van der Waals surface area (Å²) in [5.41, 5.74) is 6.29. The Balaban J connectivity index is 1.48. The summed E-state index contributed by atoms with van der Waals surface area (Å²) in [7, 11) is 1.57. The molecule has 2 fully saturated rings. The zero-order chi connectivity index (χ0) is 20.5. The summed E-state index contributed by atoms with van der Waals surface area (Å²) in [6.45, 7) is 0.116. The molecule has 0 radical (unpaired) electrons. The summed E-state index contributed by atoms with van der Waals surface area (Å²) in [4.78, 5) is 32.1. The highest BCUT2D eigenvalue weighted by atomic mass is 35.5. The third-order valence-electron chi connectivity index (χ3n) is 5.77. The second-order valence-electron chi connectivity index (χ2n) is 7.55. The predicted octanol–water partition coefficient (Wildman–Crippen LogP) is 1.13. The fourth-order valence-corrected chi connectivity index (χ4v) is 4.61. The molecule has 10 nitrogen and oxygen atoms in total. The highest BCUT2D eigenvalue weighted by Gasteiger charge is 2.50. The van der Waals surface area contributed by atoms with E-state index in [1.165, 1.54) is 10.9 Å². The van der Waals surface area contributed by atoms with Crippen molar-refractivity contribution >= 4 is 40.9 Å². The molecule has 2 aromatic heterocycles. The number of primary amides is 1. The number of fused-ring (bicyclic) bond motifs is 2. The van der Waals surface area contributed by atoms with Crippen LogP contribution in [0.5, 0.6) is 0 Å². The summed E-state index contributed by atoms with van der Waals surface area (Å²) in [5.74, 6) is 0.882. The molecule has 4 rings (SSSR count). The molecule has 29 heavy (non-hydrogen) atoms. The van der Waals surface area contributed by atoms with E-state index in [1.54, 1.807) is 19.4 Å². The van der Waals surface area contributed by atoms with Crippen LogP contribution in [-0.4, -0.2) is 44.7 Å². The standard InChI is InChI=1S/C18H23ClN8O2/c1-21-13(28)8-27-7-11(5-23-27)24-18-22-6-12(19)17(26-18)25-15-10-3-2-9(4-10)14(15)16(20)29/h5-7,9-10,14-15H,2-4,8H2,1H3,(H2,20,29)(H,21,28)(H2,22,24,25,26)/t9-,10-,14-,15+/m1/s1. The molecule has 2 heterocycles. The lowest BCUT2D eigenvalue weighted by Gasteiger charge is -2.30. The van der Waals surface area contributed by atoms with Gasteiger partial charge in [-0.25, -0.2) is 4.98 Å². The molecule has 2 bridgehead atoms. The molecule has 0 aliphatic heterocycles. The quantitative estimate of drug-likeness (QED) is 0.528. The summed E-state index contributed by atoms with van der Waals surface area (Å²) < 4.78 is 1.50. The minimum atomic E-state index is -0.276. The van der Waals surface area contributed by atoms with Crippen molar-refractivity contribution in [3.05, 3.63) is 23.6 Å². The van der Waals surface area contributed by atoms with Gasteiger partial charge in [0, 0.05) is 19.3 Å². The van der Waals surface area contributed by atoms with Gasteiger partial charge in [-0.1, -0.05) is 11.6 Å². The van der Waals surface area contributed by atoms with E-state index in [0.29, 0.717) is 34.3 Å². The van der Waals surface area contributed by atoms with Crippen molar-refractivity contribution in [2.24, 2.45) is 23.5 Å². The Kier molecular flexibility index (Phi) is 5.27. The molecular formula is C18H23ClN8O2. The molecular weight excluding hydrogens is 396 g/mol. The Morgan fingerprint density at radius 3 is 2.86 bits per heavy atom. The number of nitrogens with one attached hydrogen (secondary N) is 3. The fourth-order valence-electron chi connectivity index (χ4n) is 4.46. The minimum absolute atomic E-state index is 0.0678. The van der Waals surface area contributed by atoms with E-state index < -0.39 is 0 Å². The van der Waals surface area contributed by atoms with Crippen LogP contribution < -0.4 is 21.7 Å². The molecule has 0 aromatic carbocycles. The Morgan fingerprint density at radius 1 is 1.31 bits per heavy atom. The molecule has 2 aliphatic rings. The van der Waals surface area contributed by atoms with Gasteiger partial charge in [0.1, 0.15) is 11.6 Å². The Hall–Kier alpha value is -2.88. The smallest absolute Gasteiger partial charge is 0.241 e. The maximum atomic E-state index is 12.0. The van der Waals surface area contributed by atoms with Gasteiger partial charge in [-0.15, -0.1) is 0 Å². The molecule has 11 heteroatoms. The molecule has 2 amide bonds. The van der Waals surface area contributed by atoms with Crippen molar-refractivity contribution in [2.75, 3.05) is 17.7 Å². The zero-order valence-corrected chi connectivity index (χ0v) is 16.7. The number of nitrogens with two attached hydrogens (primary N) is 1. The second kappa shape index (κ2) is 7.86. The van der Waals surface area contributed by atoms with Crippen LogP contribution >= 0.6 is 11.6 Å². The summed E-state index contributed by atoms with van der Waals surface area (Å²) in [5, 5.41) is 13.4. The van der Waals surface area contributed by atoms with Gasteiger partial charge in [-0.05, 0) is 31.1 Å². The van der Waals surface area contributed by atoms with Crippen molar-refractivity contribution in [3.63, 3.8) is 0 Å². The Morgan fingerprint density at radius 2 is 2.10 bits per heavy atom. The number of aromatic nitrogens is 4. The fraction of sp³-hybridized carbons (Fsp3) is 0.500. The van der Waals surface area contributed by atoms with Gasteiger partial charge in [-0.3, -0.25) is 14.3 Å². The van der Waals surface area contributed by atoms with E-state index in [2.05, 4.69) is 31.0 Å². The number of anilines is 3. The van der Waals surface area contributed by atoms with Gasteiger partial charge < -0.3 is 21.7 Å². The van der Waals surface area contributed by atoms with Crippen molar-refractivity contribution in [1.82, 2.24) is 25.1 Å². The lowest BCUT2D eigenvalue weighted by atomic mass is 9.84. The summed E-state index contributed by atoms with van der Waals surface area (Å²) in [6.07, 6.45) is 7.88. The highest BCUT2D eigenvalue weighted by Crippen LogP contribution is 2.49. The van der Waals surface area contributed by atoms with Crippen LogP contribution in [0.3, 0.4) is 0 Å². The van der Waals surface area contributed by atoms with E-state index in [1.807, 2.05) is 0 Å². The van der Waals surface area contributed by atoms with E-state index >= 15 is 0 Å². The molecule has 0 spiro atoms. The minimum Gasteiger partial charge on any atom is -0.369 e. The first-order valence-corrected chi connectivity index (χ1v) is 9.91. The van der Waals surface area contributed by atoms with Gasteiger partial charge in [-0.2, -0.15) is 10.1 Å². The lowest BCUT2D eigenvalue weighted by molar-refractivity contribution is -0.123. The zero-order valence-electron chi connectivity index (χ0n) is 15.9. The van der Waals surface area contributed by atoms with E-state index in [-0.39, 0.29) is 30.3 Å². The second-order valence-corrected chi connectivity index (χ2v) is 7.95. The lowest BCUT2D eigenvalue weighted by Crippen LogP contribution is -2.42. The van der Waals surface area contributed by atoms with Gasteiger partial charge in [0.25, 0.3) is 0 Å². The average Bonchev–Trinajstić information content (AvgIpc) is 3.41. The Labute approximate surface area is 172 Å². The van der Waals surface area contributed by atoms with E-state index in [9.17, 15) is 9.59 Å². The van der Waals surface area contributed by atoms with E-state index in [4.69, 9.17) is 17.3 Å². The number of nitrogens with zero attached hydrogens (tertiary/aromatic N) is 4. The van der Waals surface area contributed by atoms with E-state index in [0.717, 1.165) is 19.3 Å². The average molecular weight is 419 g/mol. The van der Waals surface area contributed by atoms with Crippen molar-refractivity contribution < 1.29 is 9.59 Å².